The minimum Gasteiger partial charge on any atom is -0.441 e. The Hall–Kier alpha value is -2.64. The fourth-order valence-corrected chi connectivity index (χ4v) is 5.34. The van der Waals surface area contributed by atoms with Crippen LogP contribution in [0.1, 0.15) is 22.6 Å². The number of piperazine rings is 1. The molecule has 1 saturated heterocycles. The monoisotopic (exact) mass is 485 g/mol. The van der Waals surface area contributed by atoms with Crippen molar-refractivity contribution in [2.75, 3.05) is 36.8 Å². The van der Waals surface area contributed by atoms with Crippen LogP contribution in [0.3, 0.4) is 0 Å². The molecule has 33 heavy (non-hydrogen) atoms. The predicted octanol–water partition coefficient (Wildman–Crippen LogP) is 4.52. The van der Waals surface area contributed by atoms with Crippen LogP contribution in [0.15, 0.2) is 46.9 Å². The average Bonchev–Trinajstić information content (AvgIpc) is 3.15. The Kier molecular flexibility index (Phi) is 7.20. The number of hydrogen-bond acceptors (Lipinski definition) is 5. The summed E-state index contributed by atoms with van der Waals surface area (Å²) < 4.78 is 18.6. The summed E-state index contributed by atoms with van der Waals surface area (Å²) in [5.41, 5.74) is 4.88. The van der Waals surface area contributed by atoms with Gasteiger partial charge in [0.05, 0.1) is 11.4 Å². The van der Waals surface area contributed by atoms with E-state index in [9.17, 15) is 9.00 Å². The summed E-state index contributed by atoms with van der Waals surface area (Å²) in [5, 5.41) is 0.707. The number of aryl methyl sites for hydroxylation is 3. The fourth-order valence-electron chi connectivity index (χ4n) is 4.04. The van der Waals surface area contributed by atoms with E-state index in [0.29, 0.717) is 35.5 Å². The molecule has 1 fully saturated rings. The topological polar surface area (TPSA) is 66.7 Å². The van der Waals surface area contributed by atoms with E-state index < -0.39 is 10.8 Å². The molecule has 174 valence electrons. The third kappa shape index (κ3) is 5.47. The van der Waals surface area contributed by atoms with Crippen LogP contribution < -0.4 is 4.90 Å². The van der Waals surface area contributed by atoms with Crippen LogP contribution in [0.25, 0.3) is 11.5 Å². The van der Waals surface area contributed by atoms with Crippen molar-refractivity contribution >= 4 is 34.0 Å². The number of oxazole rings is 1. The van der Waals surface area contributed by atoms with Crippen LogP contribution in [-0.4, -0.2) is 51.9 Å². The minimum atomic E-state index is -1.36. The number of benzene rings is 2. The molecular weight excluding hydrogens is 458 g/mol. The van der Waals surface area contributed by atoms with E-state index in [1.54, 1.807) is 4.90 Å². The van der Waals surface area contributed by atoms with E-state index in [1.165, 1.54) is 0 Å². The van der Waals surface area contributed by atoms with E-state index in [1.807, 2.05) is 56.3 Å². The van der Waals surface area contributed by atoms with Gasteiger partial charge in [-0.25, -0.2) is 4.98 Å². The summed E-state index contributed by atoms with van der Waals surface area (Å²) >= 11 is 6.16. The lowest BCUT2D eigenvalue weighted by molar-refractivity contribution is -0.128. The number of carbonyl (C=O) groups excluding carboxylic acids is 1. The standard InChI is InChI=1S/C25H28ClN3O3S/c1-17-6-4-5-7-21(17)25-27-22(19(3)32-25)15-33(31)16-24(30)29-12-10-28(11-13-29)23-14-20(26)9-8-18(23)2/h4-9,14H,10-13,15-16H2,1-3H3. The Morgan fingerprint density at radius 3 is 2.52 bits per heavy atom. The number of carbonyl (C=O) groups is 1. The molecular formula is C25H28ClN3O3S. The Labute approximate surface area is 202 Å². The Morgan fingerprint density at radius 1 is 1.06 bits per heavy atom. The van der Waals surface area contributed by atoms with Gasteiger partial charge in [-0.3, -0.25) is 9.00 Å². The first-order valence-corrected chi connectivity index (χ1v) is 12.8. The largest absolute Gasteiger partial charge is 0.441 e. The molecule has 1 amide bonds. The zero-order chi connectivity index (χ0) is 23.5. The number of halogens is 1. The second kappa shape index (κ2) is 10.1. The zero-order valence-electron chi connectivity index (χ0n) is 19.1. The SMILES string of the molecule is Cc1ccccc1-c1nc(CS(=O)CC(=O)N2CCN(c3cc(Cl)ccc3C)CC2)c(C)o1. The van der Waals surface area contributed by atoms with Crippen molar-refractivity contribution in [3.05, 3.63) is 70.1 Å². The van der Waals surface area contributed by atoms with Crippen molar-refractivity contribution < 1.29 is 13.4 Å². The van der Waals surface area contributed by atoms with Crippen molar-refractivity contribution in [1.29, 1.82) is 0 Å². The number of nitrogens with zero attached hydrogens (tertiary/aromatic N) is 3. The maximum absolute atomic E-state index is 12.8. The molecule has 0 bridgehead atoms. The molecule has 1 aliphatic rings. The zero-order valence-corrected chi connectivity index (χ0v) is 20.7. The number of rotatable bonds is 6. The summed E-state index contributed by atoms with van der Waals surface area (Å²) in [4.78, 5) is 21.4. The molecule has 3 aromatic rings. The van der Waals surface area contributed by atoms with Gasteiger partial charge in [0.1, 0.15) is 11.5 Å². The maximum Gasteiger partial charge on any atom is 0.235 e. The predicted molar refractivity (Wildman–Crippen MR) is 133 cm³/mol. The van der Waals surface area contributed by atoms with Gasteiger partial charge in [0.25, 0.3) is 0 Å². The lowest BCUT2D eigenvalue weighted by atomic mass is 10.1. The molecule has 4 rings (SSSR count). The van der Waals surface area contributed by atoms with Crippen molar-refractivity contribution in [2.45, 2.75) is 26.5 Å². The Balaban J connectivity index is 1.33. The highest BCUT2D eigenvalue weighted by Crippen LogP contribution is 2.26. The van der Waals surface area contributed by atoms with Crippen molar-refractivity contribution in [2.24, 2.45) is 0 Å². The van der Waals surface area contributed by atoms with Gasteiger partial charge in [0, 0.05) is 53.3 Å². The smallest absolute Gasteiger partial charge is 0.235 e. The molecule has 1 aliphatic heterocycles. The molecule has 1 aromatic heterocycles. The van der Waals surface area contributed by atoms with E-state index in [0.717, 1.165) is 35.5 Å². The van der Waals surface area contributed by atoms with Crippen LogP contribution in [0, 0.1) is 20.8 Å². The summed E-state index contributed by atoms with van der Waals surface area (Å²) in [7, 11) is -1.36. The first kappa shape index (κ1) is 23.5. The van der Waals surface area contributed by atoms with E-state index in [4.69, 9.17) is 16.0 Å². The number of amides is 1. The summed E-state index contributed by atoms with van der Waals surface area (Å²) in [6, 6.07) is 13.7. The fraction of sp³-hybridized carbons (Fsp3) is 0.360. The van der Waals surface area contributed by atoms with Crippen molar-refractivity contribution in [3.63, 3.8) is 0 Å². The van der Waals surface area contributed by atoms with E-state index in [2.05, 4.69) is 16.8 Å². The third-order valence-electron chi connectivity index (χ3n) is 5.99. The summed E-state index contributed by atoms with van der Waals surface area (Å²) in [5.74, 6) is 1.27. The van der Waals surface area contributed by atoms with Crippen LogP contribution >= 0.6 is 11.6 Å². The highest BCUT2D eigenvalue weighted by Gasteiger charge is 2.24. The van der Waals surface area contributed by atoms with Gasteiger partial charge >= 0.3 is 0 Å². The van der Waals surface area contributed by atoms with Gasteiger partial charge in [-0.1, -0.05) is 35.9 Å². The van der Waals surface area contributed by atoms with Crippen molar-refractivity contribution in [1.82, 2.24) is 9.88 Å². The highest BCUT2D eigenvalue weighted by atomic mass is 35.5. The first-order valence-electron chi connectivity index (χ1n) is 11.0. The van der Waals surface area contributed by atoms with Gasteiger partial charge < -0.3 is 14.2 Å². The van der Waals surface area contributed by atoms with Gasteiger partial charge in [-0.05, 0) is 50.1 Å². The van der Waals surface area contributed by atoms with Gasteiger partial charge in [0.2, 0.25) is 11.8 Å². The lowest BCUT2D eigenvalue weighted by Crippen LogP contribution is -2.50. The molecule has 8 heteroatoms. The normalized spacial score (nSPS) is 15.0. The molecule has 0 N–H and O–H groups in total. The third-order valence-corrected chi connectivity index (χ3v) is 7.39. The van der Waals surface area contributed by atoms with Gasteiger partial charge in [-0.2, -0.15) is 0 Å². The molecule has 1 atom stereocenters. The van der Waals surface area contributed by atoms with Crippen LogP contribution in [0.5, 0.6) is 0 Å². The van der Waals surface area contributed by atoms with E-state index >= 15 is 0 Å². The van der Waals surface area contributed by atoms with E-state index in [-0.39, 0.29) is 17.4 Å². The second-order valence-electron chi connectivity index (χ2n) is 8.36. The molecule has 6 nitrogen and oxygen atoms in total. The van der Waals surface area contributed by atoms with Gasteiger partial charge in [0.15, 0.2) is 0 Å². The number of aromatic nitrogens is 1. The number of hydrogen-bond donors (Lipinski definition) is 0. The van der Waals surface area contributed by atoms with Gasteiger partial charge in [-0.15, -0.1) is 0 Å². The average molecular weight is 486 g/mol. The summed E-state index contributed by atoms with van der Waals surface area (Å²) in [6.45, 7) is 8.52. The van der Waals surface area contributed by atoms with Crippen LogP contribution in [-0.2, 0) is 21.3 Å². The molecule has 0 saturated carbocycles. The highest BCUT2D eigenvalue weighted by molar-refractivity contribution is 7.84. The molecule has 0 radical (unpaired) electrons. The molecule has 0 aliphatic carbocycles. The van der Waals surface area contributed by atoms with Crippen molar-refractivity contribution in [3.8, 4) is 11.5 Å². The second-order valence-corrected chi connectivity index (χ2v) is 10.3. The molecule has 2 aromatic carbocycles. The Bertz CT molecular complexity index is 1190. The first-order chi connectivity index (χ1) is 15.8. The molecule has 0 spiro atoms. The van der Waals surface area contributed by atoms with Crippen LogP contribution in [0.2, 0.25) is 5.02 Å². The number of anilines is 1. The summed E-state index contributed by atoms with van der Waals surface area (Å²) in [6.07, 6.45) is 0. The lowest BCUT2D eigenvalue weighted by Gasteiger charge is -2.36. The molecule has 1 unspecified atom stereocenters. The quantitative estimate of drug-likeness (QED) is 0.513. The minimum absolute atomic E-state index is 0.0117. The molecule has 2 heterocycles. The maximum atomic E-state index is 12.8. The van der Waals surface area contributed by atoms with Crippen LogP contribution in [0.4, 0.5) is 5.69 Å². The Morgan fingerprint density at radius 2 is 1.79 bits per heavy atom.